The fraction of sp³-hybridized carbons (Fsp3) is 0.174. The van der Waals surface area contributed by atoms with Crippen LogP contribution in [0.2, 0.25) is 0 Å². The van der Waals surface area contributed by atoms with Crippen LogP contribution in [0.1, 0.15) is 5.56 Å². The summed E-state index contributed by atoms with van der Waals surface area (Å²) in [5, 5.41) is 3.86. The van der Waals surface area contributed by atoms with E-state index < -0.39 is 0 Å². The fourth-order valence-corrected chi connectivity index (χ4v) is 3.17. The number of ether oxygens (including phenoxy) is 3. The zero-order valence-electron chi connectivity index (χ0n) is 16.7. The molecule has 0 aliphatic rings. The molecule has 0 radical (unpaired) electrons. The van der Waals surface area contributed by atoms with Crippen LogP contribution < -0.4 is 24.4 Å². The summed E-state index contributed by atoms with van der Waals surface area (Å²) in [5.74, 6) is 2.17. The number of hydrogen-bond acceptors (Lipinski definition) is 4. The zero-order chi connectivity index (χ0) is 20.6. The van der Waals surface area contributed by atoms with Crippen molar-refractivity contribution in [2.75, 3.05) is 31.5 Å². The molecule has 0 saturated carbocycles. The van der Waals surface area contributed by atoms with Gasteiger partial charge in [-0.25, -0.2) is 0 Å². The van der Waals surface area contributed by atoms with Crippen LogP contribution in [0.3, 0.4) is 0 Å². The van der Waals surface area contributed by atoms with Crippen molar-refractivity contribution in [1.82, 2.24) is 0 Å². The lowest BCUT2D eigenvalue weighted by Gasteiger charge is -2.27. The normalized spacial score (nSPS) is 10.2. The summed E-state index contributed by atoms with van der Waals surface area (Å²) < 4.78 is 16.0. The van der Waals surface area contributed by atoms with Gasteiger partial charge in [-0.15, -0.1) is 0 Å². The molecule has 1 N–H and O–H groups in total. The topological polar surface area (TPSA) is 43.0 Å². The maximum atomic E-state index is 5.77. The van der Waals surface area contributed by atoms with Gasteiger partial charge in [0.15, 0.2) is 5.11 Å². The number of thiocarbonyl (C=S) groups is 1. The van der Waals surface area contributed by atoms with Gasteiger partial charge >= 0.3 is 0 Å². The highest BCUT2D eigenvalue weighted by Gasteiger charge is 2.15. The summed E-state index contributed by atoms with van der Waals surface area (Å²) >= 11 is 5.77. The smallest absolute Gasteiger partial charge is 0.178 e. The molecule has 0 spiro atoms. The second-order valence-electron chi connectivity index (χ2n) is 6.27. The van der Waals surface area contributed by atoms with E-state index in [4.69, 9.17) is 26.4 Å². The number of nitrogens with one attached hydrogen (secondary N) is 1. The quantitative estimate of drug-likeness (QED) is 0.548. The Morgan fingerprint density at radius 2 is 1.48 bits per heavy atom. The lowest BCUT2D eigenvalue weighted by atomic mass is 10.2. The third-order valence-electron chi connectivity index (χ3n) is 4.46. The molecule has 0 atom stereocenters. The minimum absolute atomic E-state index is 0.558. The average Bonchev–Trinajstić information content (AvgIpc) is 2.78. The van der Waals surface area contributed by atoms with Crippen molar-refractivity contribution in [1.29, 1.82) is 0 Å². The molecule has 0 aromatic heterocycles. The van der Waals surface area contributed by atoms with Crippen LogP contribution >= 0.6 is 12.2 Å². The Bertz CT molecular complexity index is 946. The highest BCUT2D eigenvalue weighted by molar-refractivity contribution is 7.80. The SMILES string of the molecule is COc1ccc(N(Cc2ccccc2)C(=S)Nc2ccc(OC)cc2OC)cc1. The predicted octanol–water partition coefficient (Wildman–Crippen LogP) is 5.12. The second-order valence-corrected chi connectivity index (χ2v) is 6.65. The van der Waals surface area contributed by atoms with Gasteiger partial charge in [0.1, 0.15) is 17.2 Å². The molecule has 0 unspecified atom stereocenters. The summed E-state index contributed by atoms with van der Waals surface area (Å²) in [6.45, 7) is 0.622. The monoisotopic (exact) mass is 408 g/mol. The second kappa shape index (κ2) is 9.80. The maximum Gasteiger partial charge on any atom is 0.178 e. The van der Waals surface area contributed by atoms with Crippen molar-refractivity contribution in [3.63, 3.8) is 0 Å². The van der Waals surface area contributed by atoms with Crippen LogP contribution in [-0.2, 0) is 6.54 Å². The number of benzene rings is 3. The Morgan fingerprint density at radius 1 is 0.828 bits per heavy atom. The number of nitrogens with zero attached hydrogens (tertiary/aromatic N) is 1. The van der Waals surface area contributed by atoms with Crippen LogP contribution in [0.15, 0.2) is 72.8 Å². The molecule has 0 aliphatic heterocycles. The fourth-order valence-electron chi connectivity index (χ4n) is 2.89. The predicted molar refractivity (Wildman–Crippen MR) is 121 cm³/mol. The first-order chi connectivity index (χ1) is 14.1. The van der Waals surface area contributed by atoms with Crippen LogP contribution in [0, 0.1) is 0 Å². The van der Waals surface area contributed by atoms with Crippen LogP contribution in [0.5, 0.6) is 17.2 Å². The van der Waals surface area contributed by atoms with Crippen molar-refractivity contribution in [3.05, 3.63) is 78.4 Å². The van der Waals surface area contributed by atoms with Crippen molar-refractivity contribution >= 4 is 28.7 Å². The van der Waals surface area contributed by atoms with Gasteiger partial charge in [0.25, 0.3) is 0 Å². The lowest BCUT2D eigenvalue weighted by molar-refractivity contribution is 0.395. The maximum absolute atomic E-state index is 5.77. The zero-order valence-corrected chi connectivity index (χ0v) is 17.5. The van der Waals surface area contributed by atoms with Crippen molar-refractivity contribution in [3.8, 4) is 17.2 Å². The molecule has 6 heteroatoms. The molecular weight excluding hydrogens is 384 g/mol. The van der Waals surface area contributed by atoms with Gasteiger partial charge < -0.3 is 24.4 Å². The molecule has 0 heterocycles. The van der Waals surface area contributed by atoms with Gasteiger partial charge in [-0.05, 0) is 54.2 Å². The lowest BCUT2D eigenvalue weighted by Crippen LogP contribution is -2.34. The van der Waals surface area contributed by atoms with E-state index in [2.05, 4.69) is 17.4 Å². The van der Waals surface area contributed by atoms with Crippen LogP contribution in [0.25, 0.3) is 0 Å². The van der Waals surface area contributed by atoms with E-state index in [1.165, 1.54) is 0 Å². The third-order valence-corrected chi connectivity index (χ3v) is 4.79. The molecule has 3 aromatic rings. The Kier molecular flexibility index (Phi) is 6.92. The van der Waals surface area contributed by atoms with Crippen molar-refractivity contribution in [2.45, 2.75) is 6.54 Å². The van der Waals surface area contributed by atoms with E-state index in [0.29, 0.717) is 17.4 Å². The first-order valence-electron chi connectivity index (χ1n) is 9.13. The number of hydrogen-bond donors (Lipinski definition) is 1. The average molecular weight is 409 g/mol. The molecule has 0 saturated heterocycles. The Labute approximate surface area is 176 Å². The van der Waals surface area contributed by atoms with Gasteiger partial charge in [-0.3, -0.25) is 0 Å². The molecule has 0 aliphatic carbocycles. The van der Waals surface area contributed by atoms with Gasteiger partial charge in [-0.2, -0.15) is 0 Å². The van der Waals surface area contributed by atoms with Crippen molar-refractivity contribution < 1.29 is 14.2 Å². The Balaban J connectivity index is 1.89. The van der Waals surface area contributed by atoms with Gasteiger partial charge in [0.2, 0.25) is 0 Å². The molecule has 0 amide bonds. The number of methoxy groups -OCH3 is 3. The van der Waals surface area contributed by atoms with Gasteiger partial charge in [0.05, 0.1) is 33.6 Å². The molecule has 0 fully saturated rings. The molecule has 29 heavy (non-hydrogen) atoms. The van der Waals surface area contributed by atoms with Gasteiger partial charge in [0, 0.05) is 11.8 Å². The van der Waals surface area contributed by atoms with Gasteiger partial charge in [-0.1, -0.05) is 30.3 Å². The summed E-state index contributed by atoms with van der Waals surface area (Å²) in [4.78, 5) is 2.04. The highest BCUT2D eigenvalue weighted by Crippen LogP contribution is 2.30. The minimum Gasteiger partial charge on any atom is -0.497 e. The summed E-state index contributed by atoms with van der Waals surface area (Å²) in [7, 11) is 4.89. The number of rotatable bonds is 7. The minimum atomic E-state index is 0.558. The molecule has 150 valence electrons. The Hall–Kier alpha value is -3.25. The van der Waals surface area contributed by atoms with E-state index in [9.17, 15) is 0 Å². The Morgan fingerprint density at radius 3 is 2.10 bits per heavy atom. The van der Waals surface area contributed by atoms with Crippen LogP contribution in [0.4, 0.5) is 11.4 Å². The number of anilines is 2. The van der Waals surface area contributed by atoms with E-state index in [-0.39, 0.29) is 0 Å². The molecule has 5 nitrogen and oxygen atoms in total. The van der Waals surface area contributed by atoms with Crippen LogP contribution in [-0.4, -0.2) is 26.4 Å². The molecule has 3 rings (SSSR count). The molecular formula is C23H24N2O3S. The first kappa shape index (κ1) is 20.5. The summed E-state index contributed by atoms with van der Waals surface area (Å²) in [5.41, 5.74) is 2.87. The largest absolute Gasteiger partial charge is 0.497 e. The van der Waals surface area contributed by atoms with E-state index >= 15 is 0 Å². The molecule has 3 aromatic carbocycles. The summed E-state index contributed by atoms with van der Waals surface area (Å²) in [6, 6.07) is 23.6. The standard InChI is InChI=1S/C23H24N2O3S/c1-26-19-11-9-18(10-12-19)25(16-17-7-5-4-6-8-17)23(29)24-21-14-13-20(27-2)15-22(21)28-3/h4-15H,16H2,1-3H3,(H,24,29). The summed E-state index contributed by atoms with van der Waals surface area (Å²) in [6.07, 6.45) is 0. The van der Waals surface area contributed by atoms with E-state index in [1.807, 2.05) is 65.6 Å². The highest BCUT2D eigenvalue weighted by atomic mass is 32.1. The van der Waals surface area contributed by atoms with Crippen molar-refractivity contribution in [2.24, 2.45) is 0 Å². The molecule has 0 bridgehead atoms. The first-order valence-corrected chi connectivity index (χ1v) is 9.54. The van der Waals surface area contributed by atoms with E-state index in [1.54, 1.807) is 21.3 Å². The third kappa shape index (κ3) is 5.18. The van der Waals surface area contributed by atoms with E-state index in [0.717, 1.165) is 28.4 Å².